The first-order valence-corrected chi connectivity index (χ1v) is 6.07. The predicted octanol–water partition coefficient (Wildman–Crippen LogP) is 1.10. The summed E-state index contributed by atoms with van der Waals surface area (Å²) >= 11 is 0. The summed E-state index contributed by atoms with van der Waals surface area (Å²) in [5.41, 5.74) is -0.252. The SMILES string of the molecule is CCN(N)CC(=O)N(N)C(C)(C)CC(C)(C)C. The maximum absolute atomic E-state index is 11.9. The van der Waals surface area contributed by atoms with Crippen LogP contribution < -0.4 is 11.7 Å². The van der Waals surface area contributed by atoms with Crippen molar-refractivity contribution in [3.8, 4) is 0 Å². The molecule has 1 amide bonds. The molecule has 5 nitrogen and oxygen atoms in total. The van der Waals surface area contributed by atoms with Crippen molar-refractivity contribution in [1.82, 2.24) is 10.0 Å². The molecule has 0 aliphatic heterocycles. The minimum atomic E-state index is -0.371. The van der Waals surface area contributed by atoms with E-state index in [0.717, 1.165) is 6.42 Å². The van der Waals surface area contributed by atoms with E-state index >= 15 is 0 Å². The Morgan fingerprint density at radius 3 is 1.94 bits per heavy atom. The monoisotopic (exact) mass is 244 g/mol. The van der Waals surface area contributed by atoms with Crippen molar-refractivity contribution in [2.24, 2.45) is 17.1 Å². The Labute approximate surface area is 105 Å². The van der Waals surface area contributed by atoms with Gasteiger partial charge in [-0.1, -0.05) is 27.7 Å². The lowest BCUT2D eigenvalue weighted by Gasteiger charge is -2.39. The second kappa shape index (κ2) is 5.80. The topological polar surface area (TPSA) is 75.6 Å². The van der Waals surface area contributed by atoms with Crippen LogP contribution in [0.15, 0.2) is 0 Å². The highest BCUT2D eigenvalue weighted by Crippen LogP contribution is 2.29. The number of nitrogens with zero attached hydrogens (tertiary/aromatic N) is 2. The number of hydrogen-bond acceptors (Lipinski definition) is 4. The molecule has 0 heterocycles. The van der Waals surface area contributed by atoms with Crippen molar-refractivity contribution in [2.75, 3.05) is 13.1 Å². The summed E-state index contributed by atoms with van der Waals surface area (Å²) in [5.74, 6) is 11.4. The molecule has 102 valence electrons. The molecule has 17 heavy (non-hydrogen) atoms. The summed E-state index contributed by atoms with van der Waals surface area (Å²) in [7, 11) is 0. The molecule has 0 aromatic heterocycles. The minimum absolute atomic E-state index is 0.120. The average molecular weight is 244 g/mol. The van der Waals surface area contributed by atoms with Crippen molar-refractivity contribution in [2.45, 2.75) is 53.5 Å². The Hall–Kier alpha value is -0.650. The van der Waals surface area contributed by atoms with Crippen LogP contribution in [0.5, 0.6) is 0 Å². The molecule has 0 fully saturated rings. The Morgan fingerprint density at radius 1 is 1.12 bits per heavy atom. The van der Waals surface area contributed by atoms with Crippen molar-refractivity contribution in [3.05, 3.63) is 0 Å². The molecule has 0 radical (unpaired) electrons. The highest BCUT2D eigenvalue weighted by atomic mass is 16.2. The van der Waals surface area contributed by atoms with Crippen LogP contribution in [0.4, 0.5) is 0 Å². The molecule has 0 aliphatic rings. The van der Waals surface area contributed by atoms with Gasteiger partial charge in [0.15, 0.2) is 0 Å². The van der Waals surface area contributed by atoms with E-state index in [4.69, 9.17) is 11.7 Å². The number of carbonyl (C=O) groups excluding carboxylic acids is 1. The van der Waals surface area contributed by atoms with Crippen molar-refractivity contribution in [1.29, 1.82) is 0 Å². The first-order chi connectivity index (χ1) is 7.49. The van der Waals surface area contributed by atoms with Crippen LogP contribution in [0, 0.1) is 5.41 Å². The zero-order chi connectivity index (χ0) is 13.9. The molecule has 0 saturated heterocycles. The van der Waals surface area contributed by atoms with Gasteiger partial charge in [-0.2, -0.15) is 0 Å². The van der Waals surface area contributed by atoms with Crippen molar-refractivity contribution < 1.29 is 4.79 Å². The summed E-state index contributed by atoms with van der Waals surface area (Å²) in [6, 6.07) is 0. The van der Waals surface area contributed by atoms with E-state index in [-0.39, 0.29) is 23.4 Å². The molecule has 4 N–H and O–H groups in total. The van der Waals surface area contributed by atoms with E-state index in [9.17, 15) is 4.79 Å². The molecule has 0 atom stereocenters. The lowest BCUT2D eigenvalue weighted by molar-refractivity contribution is -0.139. The Morgan fingerprint density at radius 2 is 1.59 bits per heavy atom. The number of hydrazine groups is 2. The van der Waals surface area contributed by atoms with E-state index < -0.39 is 0 Å². The van der Waals surface area contributed by atoms with Gasteiger partial charge in [-0.3, -0.25) is 15.6 Å². The Balaban J connectivity index is 4.56. The second-order valence-corrected chi connectivity index (χ2v) is 6.38. The van der Waals surface area contributed by atoms with E-state index in [2.05, 4.69) is 20.8 Å². The predicted molar refractivity (Wildman–Crippen MR) is 70.6 cm³/mol. The van der Waals surface area contributed by atoms with Crippen LogP contribution in [-0.4, -0.2) is 34.6 Å². The molecule has 0 aromatic carbocycles. The van der Waals surface area contributed by atoms with Gasteiger partial charge in [0.25, 0.3) is 5.91 Å². The third-order valence-corrected chi connectivity index (χ3v) is 2.63. The van der Waals surface area contributed by atoms with E-state index in [1.165, 1.54) is 10.0 Å². The maximum atomic E-state index is 11.9. The normalized spacial score (nSPS) is 13.0. The average Bonchev–Trinajstić information content (AvgIpc) is 2.12. The summed E-state index contributed by atoms with van der Waals surface area (Å²) in [4.78, 5) is 11.9. The number of likely N-dealkylation sites (N-methyl/N-ethyl adjacent to an activating group) is 1. The quantitative estimate of drug-likeness (QED) is 0.431. The molecular weight excluding hydrogens is 216 g/mol. The molecule has 0 spiro atoms. The van der Waals surface area contributed by atoms with Gasteiger partial charge in [-0.05, 0) is 25.7 Å². The molecule has 5 heteroatoms. The van der Waals surface area contributed by atoms with E-state index in [1.807, 2.05) is 20.8 Å². The highest BCUT2D eigenvalue weighted by Gasteiger charge is 2.33. The third-order valence-electron chi connectivity index (χ3n) is 2.63. The number of nitrogens with two attached hydrogens (primary N) is 2. The van der Waals surface area contributed by atoms with Crippen LogP contribution in [0.2, 0.25) is 0 Å². The Kier molecular flexibility index (Phi) is 5.58. The summed E-state index contributed by atoms with van der Waals surface area (Å²) in [6.45, 7) is 13.0. The number of hydrogen-bond donors (Lipinski definition) is 2. The molecule has 0 saturated carbocycles. The fourth-order valence-corrected chi connectivity index (χ4v) is 2.08. The molecule has 0 aromatic rings. The summed E-state index contributed by atoms with van der Waals surface area (Å²) in [6.07, 6.45) is 0.832. The fraction of sp³-hybridized carbons (Fsp3) is 0.917. The van der Waals surface area contributed by atoms with Crippen LogP contribution in [0.3, 0.4) is 0 Å². The number of carbonyl (C=O) groups is 1. The molecule has 0 aliphatic carbocycles. The first-order valence-electron chi connectivity index (χ1n) is 6.07. The van der Waals surface area contributed by atoms with Gasteiger partial charge in [-0.25, -0.2) is 10.9 Å². The lowest BCUT2D eigenvalue weighted by atomic mass is 9.81. The van der Waals surface area contributed by atoms with Gasteiger partial charge in [0.1, 0.15) is 0 Å². The molecule has 0 unspecified atom stereocenters. The number of amides is 1. The molecular formula is C12H28N4O. The summed E-state index contributed by atoms with van der Waals surface area (Å²) < 4.78 is 0. The van der Waals surface area contributed by atoms with Gasteiger partial charge in [0.2, 0.25) is 0 Å². The van der Waals surface area contributed by atoms with Gasteiger partial charge >= 0.3 is 0 Å². The first kappa shape index (κ1) is 16.4. The van der Waals surface area contributed by atoms with Crippen LogP contribution in [0.25, 0.3) is 0 Å². The van der Waals surface area contributed by atoms with Gasteiger partial charge in [0.05, 0.1) is 12.1 Å². The maximum Gasteiger partial charge on any atom is 0.252 e. The largest absolute Gasteiger partial charge is 0.274 e. The van der Waals surface area contributed by atoms with Gasteiger partial charge in [-0.15, -0.1) is 0 Å². The third kappa shape index (κ3) is 6.00. The van der Waals surface area contributed by atoms with Gasteiger partial charge in [0, 0.05) is 6.54 Å². The highest BCUT2D eigenvalue weighted by molar-refractivity contribution is 5.78. The zero-order valence-electron chi connectivity index (χ0n) is 12.1. The van der Waals surface area contributed by atoms with Crippen molar-refractivity contribution >= 4 is 5.91 Å². The molecule has 0 bridgehead atoms. The fourth-order valence-electron chi connectivity index (χ4n) is 2.08. The number of rotatable bonds is 5. The second-order valence-electron chi connectivity index (χ2n) is 6.38. The lowest BCUT2D eigenvalue weighted by Crippen LogP contribution is -2.57. The minimum Gasteiger partial charge on any atom is -0.274 e. The zero-order valence-corrected chi connectivity index (χ0v) is 12.1. The summed E-state index contributed by atoms with van der Waals surface area (Å²) in [5, 5.41) is 2.77. The van der Waals surface area contributed by atoms with Crippen LogP contribution in [0.1, 0.15) is 48.0 Å². The van der Waals surface area contributed by atoms with Crippen LogP contribution in [-0.2, 0) is 4.79 Å². The smallest absolute Gasteiger partial charge is 0.252 e. The van der Waals surface area contributed by atoms with Crippen LogP contribution >= 0.6 is 0 Å². The standard InChI is InChI=1S/C12H28N4O/c1-7-15(13)8-10(17)16(14)12(5,6)9-11(2,3)4/h7-9,13-14H2,1-6H3. The van der Waals surface area contributed by atoms with Crippen molar-refractivity contribution in [3.63, 3.8) is 0 Å². The molecule has 0 rings (SSSR count). The van der Waals surface area contributed by atoms with E-state index in [0.29, 0.717) is 6.54 Å². The van der Waals surface area contributed by atoms with Gasteiger partial charge < -0.3 is 0 Å². The van der Waals surface area contributed by atoms with E-state index in [1.54, 1.807) is 0 Å². The Bertz CT molecular complexity index is 258.